The Morgan fingerprint density at radius 1 is 0.872 bits per heavy atom. The number of benzene rings is 2. The van der Waals surface area contributed by atoms with Crippen LogP contribution in [0.5, 0.6) is 17.2 Å². The second-order valence-electron chi connectivity index (χ2n) is 9.83. The van der Waals surface area contributed by atoms with Gasteiger partial charge in [-0.2, -0.15) is 0 Å². The third-order valence-corrected chi connectivity index (χ3v) is 7.09. The fourth-order valence-electron chi connectivity index (χ4n) is 5.17. The number of carbonyl (C=O) groups excluding carboxylic acids is 2. The maximum atomic E-state index is 11.8. The lowest BCUT2D eigenvalue weighted by Crippen LogP contribution is -2.13. The molecule has 7 heteroatoms. The van der Waals surface area contributed by atoms with E-state index in [2.05, 4.69) is 19.1 Å². The molecule has 0 radical (unpaired) electrons. The molecule has 0 atom stereocenters. The summed E-state index contributed by atoms with van der Waals surface area (Å²) in [5.41, 5.74) is 5.61. The molecule has 0 saturated carbocycles. The third kappa shape index (κ3) is 7.34. The minimum atomic E-state index is -0.219. The Hall–Kier alpha value is -3.48. The second kappa shape index (κ2) is 14.6. The van der Waals surface area contributed by atoms with E-state index in [9.17, 15) is 14.7 Å². The van der Waals surface area contributed by atoms with Crippen molar-refractivity contribution in [2.75, 3.05) is 27.4 Å². The molecule has 0 unspecified atom stereocenters. The Morgan fingerprint density at radius 3 is 2.13 bits per heavy atom. The zero-order valence-corrected chi connectivity index (χ0v) is 24.0. The van der Waals surface area contributed by atoms with Crippen LogP contribution in [0.15, 0.2) is 29.8 Å². The van der Waals surface area contributed by atoms with Gasteiger partial charge in [-0.05, 0) is 68.4 Å². The van der Waals surface area contributed by atoms with Crippen molar-refractivity contribution in [1.29, 1.82) is 0 Å². The van der Waals surface area contributed by atoms with Gasteiger partial charge in [0.05, 0.1) is 33.0 Å². The Bertz CT molecular complexity index is 1200. The highest BCUT2D eigenvalue weighted by Crippen LogP contribution is 2.40. The van der Waals surface area contributed by atoms with Crippen LogP contribution >= 0.6 is 0 Å². The van der Waals surface area contributed by atoms with Crippen LogP contribution in [-0.4, -0.2) is 44.3 Å². The maximum Gasteiger partial charge on any atom is 0.305 e. The molecule has 2 aromatic rings. The van der Waals surface area contributed by atoms with Crippen molar-refractivity contribution >= 4 is 17.5 Å². The Morgan fingerprint density at radius 2 is 1.51 bits per heavy atom. The zero-order valence-electron chi connectivity index (χ0n) is 24.0. The number of ether oxygens (including phenoxy) is 4. The molecule has 1 aliphatic rings. The molecule has 0 amide bonds. The Balaban J connectivity index is 1.72. The fraction of sp³-hybridized carbons (Fsp3) is 0.500. The summed E-state index contributed by atoms with van der Waals surface area (Å²) in [5, 5.41) is 10.6. The summed E-state index contributed by atoms with van der Waals surface area (Å²) in [7, 11) is 3.10. The number of hydrogen-bond acceptors (Lipinski definition) is 7. The lowest BCUT2D eigenvalue weighted by atomic mass is 9.84. The molecule has 39 heavy (non-hydrogen) atoms. The summed E-state index contributed by atoms with van der Waals surface area (Å²) < 4.78 is 23.0. The number of ketones is 1. The van der Waals surface area contributed by atoms with Crippen LogP contribution in [0.25, 0.3) is 5.76 Å². The number of phenols is 1. The van der Waals surface area contributed by atoms with Gasteiger partial charge < -0.3 is 24.1 Å². The number of esters is 1. The Kier molecular flexibility index (Phi) is 11.3. The number of aromatic hydroxyl groups is 1. The van der Waals surface area contributed by atoms with Crippen LogP contribution in [0.2, 0.25) is 0 Å². The highest BCUT2D eigenvalue weighted by atomic mass is 16.5. The number of carbonyl (C=O) groups is 2. The number of aryl methyl sites for hydroxylation is 1. The highest BCUT2D eigenvalue weighted by molar-refractivity contribution is 5.97. The molecule has 3 rings (SSSR count). The number of allylic oxidation sites excluding steroid dienone is 1. The predicted octanol–water partition coefficient (Wildman–Crippen LogP) is 6.60. The van der Waals surface area contributed by atoms with Crippen LogP contribution in [0.3, 0.4) is 0 Å². The van der Waals surface area contributed by atoms with Crippen LogP contribution < -0.4 is 9.47 Å². The highest BCUT2D eigenvalue weighted by Gasteiger charge is 2.25. The average molecular weight is 539 g/mol. The summed E-state index contributed by atoms with van der Waals surface area (Å²) in [6.45, 7) is 6.51. The summed E-state index contributed by atoms with van der Waals surface area (Å²) in [6.07, 6.45) is 6.65. The van der Waals surface area contributed by atoms with Crippen molar-refractivity contribution in [2.24, 2.45) is 0 Å². The van der Waals surface area contributed by atoms with E-state index in [4.69, 9.17) is 18.9 Å². The van der Waals surface area contributed by atoms with Gasteiger partial charge in [0.2, 0.25) is 0 Å². The lowest BCUT2D eigenvalue weighted by Gasteiger charge is -2.26. The molecular weight excluding hydrogens is 496 g/mol. The minimum Gasteiger partial charge on any atom is -0.507 e. The number of rotatable bonds is 15. The van der Waals surface area contributed by atoms with E-state index in [1.165, 1.54) is 19.6 Å². The van der Waals surface area contributed by atoms with Crippen molar-refractivity contribution in [1.82, 2.24) is 0 Å². The number of phenolic OH excluding ortho intramolecular Hbond substituents is 1. The molecule has 0 saturated heterocycles. The normalized spacial score (nSPS) is 12.6. The van der Waals surface area contributed by atoms with Gasteiger partial charge in [0, 0.05) is 29.5 Å². The van der Waals surface area contributed by atoms with Crippen molar-refractivity contribution in [3.63, 3.8) is 0 Å². The standard InChI is InChI=1S/C32H42O7/c1-6-9-25-27(16-13-22-11-12-23(14-18-29(34)36-4)32(37-5)30(22)25)38-19-8-20-39-28-17-15-24(21(3)33)31(35)26(28)10-7-2/h13,15-17,35H,6-12,14,18-20H2,1-5H3. The number of Topliss-reactive ketones (excluding diaryl/α,β-unsaturated/α-hetero) is 1. The predicted molar refractivity (Wildman–Crippen MR) is 152 cm³/mol. The van der Waals surface area contributed by atoms with E-state index in [1.54, 1.807) is 19.2 Å². The molecule has 0 aromatic heterocycles. The van der Waals surface area contributed by atoms with E-state index in [-0.39, 0.29) is 17.5 Å². The van der Waals surface area contributed by atoms with Gasteiger partial charge >= 0.3 is 5.97 Å². The maximum absolute atomic E-state index is 11.8. The molecule has 1 N–H and O–H groups in total. The van der Waals surface area contributed by atoms with Gasteiger partial charge in [-0.1, -0.05) is 32.8 Å². The first-order valence-electron chi connectivity index (χ1n) is 13.9. The van der Waals surface area contributed by atoms with Crippen molar-refractivity contribution in [2.45, 2.75) is 78.6 Å². The van der Waals surface area contributed by atoms with Crippen LogP contribution in [0.1, 0.15) is 91.9 Å². The average Bonchev–Trinajstić information content (AvgIpc) is 2.93. The van der Waals surface area contributed by atoms with Gasteiger partial charge in [-0.15, -0.1) is 0 Å². The molecule has 0 heterocycles. The minimum absolute atomic E-state index is 0.0179. The van der Waals surface area contributed by atoms with E-state index >= 15 is 0 Å². The van der Waals surface area contributed by atoms with Crippen LogP contribution in [0, 0.1) is 0 Å². The van der Waals surface area contributed by atoms with Crippen LogP contribution in [-0.2, 0) is 33.5 Å². The fourth-order valence-corrected chi connectivity index (χ4v) is 5.17. The SMILES string of the molecule is CCCc1c(OCCCOc2ccc3c(c2CCC)C(OC)=C(CCC(=O)OC)CC3)ccc(C(C)=O)c1O. The first-order valence-corrected chi connectivity index (χ1v) is 13.9. The first-order chi connectivity index (χ1) is 18.9. The molecule has 1 aliphatic carbocycles. The third-order valence-electron chi connectivity index (χ3n) is 7.09. The molecule has 0 bridgehead atoms. The largest absolute Gasteiger partial charge is 0.507 e. The smallest absolute Gasteiger partial charge is 0.305 e. The monoisotopic (exact) mass is 538 g/mol. The topological polar surface area (TPSA) is 91.3 Å². The molecule has 0 fully saturated rings. The van der Waals surface area contributed by atoms with Crippen molar-refractivity contribution in [3.05, 3.63) is 57.7 Å². The van der Waals surface area contributed by atoms with Gasteiger partial charge in [-0.25, -0.2) is 0 Å². The first kappa shape index (κ1) is 30.1. The van der Waals surface area contributed by atoms with Crippen molar-refractivity contribution in [3.8, 4) is 17.2 Å². The Labute approximate surface area is 232 Å². The molecule has 7 nitrogen and oxygen atoms in total. The van der Waals surface area contributed by atoms with E-state index in [0.717, 1.165) is 60.3 Å². The molecule has 0 aliphatic heterocycles. The number of methoxy groups -OCH3 is 2. The van der Waals surface area contributed by atoms with Gasteiger partial charge in [0.15, 0.2) is 5.78 Å². The summed E-state index contributed by atoms with van der Waals surface area (Å²) >= 11 is 0. The summed E-state index contributed by atoms with van der Waals surface area (Å²) in [5.74, 6) is 1.94. The number of fused-ring (bicyclic) bond motifs is 1. The van der Waals surface area contributed by atoms with Crippen molar-refractivity contribution < 1.29 is 33.6 Å². The molecule has 0 spiro atoms. The van der Waals surface area contributed by atoms with E-state index in [0.29, 0.717) is 55.8 Å². The zero-order chi connectivity index (χ0) is 28.4. The second-order valence-corrected chi connectivity index (χ2v) is 9.83. The summed E-state index contributed by atoms with van der Waals surface area (Å²) in [6, 6.07) is 7.55. The van der Waals surface area contributed by atoms with Gasteiger partial charge in [-0.3, -0.25) is 9.59 Å². The number of hydrogen-bond donors (Lipinski definition) is 1. The van der Waals surface area contributed by atoms with E-state index < -0.39 is 0 Å². The molecular formula is C32H42O7. The van der Waals surface area contributed by atoms with Crippen LogP contribution in [0.4, 0.5) is 0 Å². The molecule has 2 aromatic carbocycles. The van der Waals surface area contributed by atoms with Gasteiger partial charge in [0.1, 0.15) is 23.0 Å². The van der Waals surface area contributed by atoms with Gasteiger partial charge in [0.25, 0.3) is 0 Å². The quantitative estimate of drug-likeness (QED) is 0.155. The lowest BCUT2D eigenvalue weighted by molar-refractivity contribution is -0.140. The molecule has 212 valence electrons. The summed E-state index contributed by atoms with van der Waals surface area (Å²) in [4.78, 5) is 23.6. The van der Waals surface area contributed by atoms with E-state index in [1.807, 2.05) is 6.92 Å².